The second-order valence-electron chi connectivity index (χ2n) is 6.91. The normalized spacial score (nSPS) is 14.7. The number of hydrogen-bond acceptors (Lipinski definition) is 5. The molecule has 3 atom stereocenters. The van der Waals surface area contributed by atoms with E-state index in [1.54, 1.807) is 12.1 Å². The van der Waals surface area contributed by atoms with Gasteiger partial charge in [-0.2, -0.15) is 0 Å². The van der Waals surface area contributed by atoms with Crippen LogP contribution in [0, 0.1) is 5.82 Å². The largest absolute Gasteiger partial charge is 0.491 e. The molecule has 1 aromatic rings. The Bertz CT molecular complexity index is 468. The minimum atomic E-state index is -0.802. The standard InChI is InChI=1S/C21H35FO5/c1-2-26-16-21(25)20(24)10-8-6-4-3-5-7-9-18(23)15-27-19-13-11-17(22)12-14-19/h11-14,18,20-21,23-25H,2-10,15-16H2,1H3/t18-,20+,21+/m0/s1. The van der Waals surface area contributed by atoms with E-state index in [2.05, 4.69) is 0 Å². The number of benzene rings is 1. The summed E-state index contributed by atoms with van der Waals surface area (Å²) in [6.07, 6.45) is 5.30. The molecule has 6 heteroatoms. The fourth-order valence-corrected chi connectivity index (χ4v) is 2.79. The van der Waals surface area contributed by atoms with Crippen molar-refractivity contribution in [2.75, 3.05) is 19.8 Å². The van der Waals surface area contributed by atoms with Gasteiger partial charge in [-0.25, -0.2) is 4.39 Å². The summed E-state index contributed by atoms with van der Waals surface area (Å²) >= 11 is 0. The van der Waals surface area contributed by atoms with Crippen molar-refractivity contribution >= 4 is 0 Å². The van der Waals surface area contributed by atoms with Crippen molar-refractivity contribution in [2.24, 2.45) is 0 Å². The molecule has 0 aliphatic carbocycles. The third-order valence-electron chi connectivity index (χ3n) is 4.48. The van der Waals surface area contributed by atoms with Crippen molar-refractivity contribution in [1.29, 1.82) is 0 Å². The van der Waals surface area contributed by atoms with Crippen molar-refractivity contribution < 1.29 is 29.2 Å². The lowest BCUT2D eigenvalue weighted by Gasteiger charge is -2.17. The highest BCUT2D eigenvalue weighted by atomic mass is 19.1. The quantitative estimate of drug-likeness (QED) is 0.379. The molecule has 0 heterocycles. The van der Waals surface area contributed by atoms with Gasteiger partial charge in [0.2, 0.25) is 0 Å². The molecule has 0 radical (unpaired) electrons. The number of halogens is 1. The third kappa shape index (κ3) is 12.0. The van der Waals surface area contributed by atoms with Crippen LogP contribution in [0.3, 0.4) is 0 Å². The Labute approximate surface area is 162 Å². The average Bonchev–Trinajstić information content (AvgIpc) is 2.67. The van der Waals surface area contributed by atoms with Crippen molar-refractivity contribution in [2.45, 2.75) is 76.6 Å². The molecule has 0 aliphatic rings. The molecule has 0 saturated carbocycles. The molecule has 0 amide bonds. The number of aliphatic hydroxyl groups is 3. The van der Waals surface area contributed by atoms with Gasteiger partial charge in [-0.3, -0.25) is 0 Å². The molecular formula is C21H35FO5. The molecule has 0 fully saturated rings. The highest BCUT2D eigenvalue weighted by molar-refractivity contribution is 5.22. The minimum absolute atomic E-state index is 0.185. The lowest BCUT2D eigenvalue weighted by Crippen LogP contribution is -2.30. The van der Waals surface area contributed by atoms with Crippen LogP contribution in [0.25, 0.3) is 0 Å². The van der Waals surface area contributed by atoms with Crippen molar-refractivity contribution in [3.05, 3.63) is 30.1 Å². The summed E-state index contributed by atoms with van der Waals surface area (Å²) in [6.45, 7) is 2.80. The van der Waals surface area contributed by atoms with Crippen LogP contribution in [0.15, 0.2) is 24.3 Å². The van der Waals surface area contributed by atoms with E-state index < -0.39 is 18.3 Å². The maximum Gasteiger partial charge on any atom is 0.123 e. The van der Waals surface area contributed by atoms with Gasteiger partial charge in [0.25, 0.3) is 0 Å². The maximum atomic E-state index is 12.8. The lowest BCUT2D eigenvalue weighted by molar-refractivity contribution is -0.0389. The zero-order valence-corrected chi connectivity index (χ0v) is 16.4. The topological polar surface area (TPSA) is 79.2 Å². The monoisotopic (exact) mass is 386 g/mol. The highest BCUT2D eigenvalue weighted by Gasteiger charge is 2.15. The fourth-order valence-electron chi connectivity index (χ4n) is 2.79. The van der Waals surface area contributed by atoms with Gasteiger partial charge in [0, 0.05) is 6.61 Å². The van der Waals surface area contributed by atoms with Gasteiger partial charge < -0.3 is 24.8 Å². The Morgan fingerprint density at radius 1 is 0.815 bits per heavy atom. The predicted molar refractivity (Wildman–Crippen MR) is 103 cm³/mol. The first-order valence-electron chi connectivity index (χ1n) is 10.0. The van der Waals surface area contributed by atoms with E-state index >= 15 is 0 Å². The van der Waals surface area contributed by atoms with E-state index in [0.29, 0.717) is 25.2 Å². The third-order valence-corrected chi connectivity index (χ3v) is 4.48. The Morgan fingerprint density at radius 3 is 2.04 bits per heavy atom. The summed E-state index contributed by atoms with van der Waals surface area (Å²) < 4.78 is 23.3. The van der Waals surface area contributed by atoms with E-state index in [9.17, 15) is 19.7 Å². The molecule has 3 N–H and O–H groups in total. The molecule has 0 aliphatic heterocycles. The zero-order chi connectivity index (χ0) is 19.9. The summed E-state index contributed by atoms with van der Waals surface area (Å²) in [5, 5.41) is 29.4. The summed E-state index contributed by atoms with van der Waals surface area (Å²) in [5.41, 5.74) is 0. The van der Waals surface area contributed by atoms with E-state index in [1.807, 2.05) is 6.92 Å². The van der Waals surface area contributed by atoms with Crippen molar-refractivity contribution in [3.63, 3.8) is 0 Å². The van der Waals surface area contributed by atoms with Gasteiger partial charge in [0.1, 0.15) is 24.3 Å². The summed E-state index contributed by atoms with van der Waals surface area (Å²) in [6, 6.07) is 5.77. The first-order chi connectivity index (χ1) is 13.0. The van der Waals surface area contributed by atoms with Crippen LogP contribution in [0.4, 0.5) is 4.39 Å². The van der Waals surface area contributed by atoms with Gasteiger partial charge in [-0.1, -0.05) is 38.5 Å². The summed E-state index contributed by atoms with van der Waals surface area (Å²) in [7, 11) is 0. The lowest BCUT2D eigenvalue weighted by atomic mass is 10.0. The SMILES string of the molecule is CCOC[C@@H](O)[C@H](O)CCCCCCCC[C@H](O)COc1ccc(F)cc1. The van der Waals surface area contributed by atoms with Crippen LogP contribution in [-0.4, -0.2) is 53.5 Å². The average molecular weight is 387 g/mol. The van der Waals surface area contributed by atoms with E-state index in [1.165, 1.54) is 12.1 Å². The molecule has 0 unspecified atom stereocenters. The summed E-state index contributed by atoms with van der Waals surface area (Å²) in [5.74, 6) is 0.253. The molecule has 1 rings (SSSR count). The van der Waals surface area contributed by atoms with Crippen LogP contribution >= 0.6 is 0 Å². The molecule has 1 aromatic carbocycles. The van der Waals surface area contributed by atoms with Crippen LogP contribution in [0.5, 0.6) is 5.75 Å². The van der Waals surface area contributed by atoms with Crippen molar-refractivity contribution in [1.82, 2.24) is 0 Å². The molecule has 0 aromatic heterocycles. The molecule has 0 saturated heterocycles. The molecule has 0 bridgehead atoms. The number of aliphatic hydroxyl groups excluding tert-OH is 3. The van der Waals surface area contributed by atoms with Gasteiger partial charge in [0.05, 0.1) is 18.8 Å². The molecule has 0 spiro atoms. The van der Waals surface area contributed by atoms with Crippen LogP contribution < -0.4 is 4.74 Å². The van der Waals surface area contributed by atoms with E-state index in [0.717, 1.165) is 38.5 Å². The number of ether oxygens (including phenoxy) is 2. The molecule has 5 nitrogen and oxygen atoms in total. The maximum absolute atomic E-state index is 12.8. The van der Waals surface area contributed by atoms with Crippen LogP contribution in [-0.2, 0) is 4.74 Å². The Kier molecular flexibility index (Phi) is 13.1. The number of rotatable bonds is 16. The highest BCUT2D eigenvalue weighted by Crippen LogP contribution is 2.14. The number of unbranched alkanes of at least 4 members (excludes halogenated alkanes) is 5. The number of hydrogen-bond donors (Lipinski definition) is 3. The van der Waals surface area contributed by atoms with Gasteiger partial charge >= 0.3 is 0 Å². The van der Waals surface area contributed by atoms with E-state index in [4.69, 9.17) is 9.47 Å². The van der Waals surface area contributed by atoms with Gasteiger partial charge in [-0.15, -0.1) is 0 Å². The fraction of sp³-hybridized carbons (Fsp3) is 0.714. The zero-order valence-electron chi connectivity index (χ0n) is 16.4. The summed E-state index contributed by atoms with van der Waals surface area (Å²) in [4.78, 5) is 0. The molecule has 156 valence electrons. The smallest absolute Gasteiger partial charge is 0.123 e. The first-order valence-corrected chi connectivity index (χ1v) is 10.0. The predicted octanol–water partition coefficient (Wildman–Crippen LogP) is 3.44. The Morgan fingerprint density at radius 2 is 1.41 bits per heavy atom. The second kappa shape index (κ2) is 14.8. The van der Waals surface area contributed by atoms with Crippen LogP contribution in [0.1, 0.15) is 58.3 Å². The minimum Gasteiger partial charge on any atom is -0.491 e. The van der Waals surface area contributed by atoms with Crippen LogP contribution in [0.2, 0.25) is 0 Å². The Hall–Kier alpha value is -1.21. The van der Waals surface area contributed by atoms with Gasteiger partial charge in [-0.05, 0) is 44.0 Å². The van der Waals surface area contributed by atoms with E-state index in [-0.39, 0.29) is 19.0 Å². The first kappa shape index (κ1) is 23.8. The van der Waals surface area contributed by atoms with Crippen molar-refractivity contribution in [3.8, 4) is 5.75 Å². The molecule has 27 heavy (non-hydrogen) atoms. The van der Waals surface area contributed by atoms with Gasteiger partial charge in [0.15, 0.2) is 0 Å². The second-order valence-corrected chi connectivity index (χ2v) is 6.91. The Balaban J connectivity index is 1.93. The molecular weight excluding hydrogens is 351 g/mol.